The molecule has 62 valence electrons. The van der Waals surface area contributed by atoms with Crippen molar-refractivity contribution in [1.82, 2.24) is 5.32 Å². The van der Waals surface area contributed by atoms with E-state index in [0.717, 1.165) is 12.8 Å². The summed E-state index contributed by atoms with van der Waals surface area (Å²) >= 11 is 0. The maximum absolute atomic E-state index is 10.8. The molecular formula is C7H11NO3. The fourth-order valence-corrected chi connectivity index (χ4v) is 0.646. The Morgan fingerprint density at radius 1 is 1.55 bits per heavy atom. The molecule has 4 nitrogen and oxygen atoms in total. The molecule has 1 saturated carbocycles. The standard InChI is InChI=1S/C7H11NO3/c1-5(9)8-4-11-7(10)6-2-3-6/h6H,2-4H2,1H3,(H,8,9). The minimum atomic E-state index is -0.196. The number of esters is 1. The van der Waals surface area contributed by atoms with Crippen LogP contribution in [0.4, 0.5) is 0 Å². The monoisotopic (exact) mass is 157 g/mol. The molecule has 0 aliphatic heterocycles. The van der Waals surface area contributed by atoms with E-state index in [1.165, 1.54) is 6.92 Å². The third-order valence-corrected chi connectivity index (χ3v) is 1.45. The molecule has 0 saturated heterocycles. The molecule has 1 fully saturated rings. The van der Waals surface area contributed by atoms with E-state index in [9.17, 15) is 9.59 Å². The van der Waals surface area contributed by atoms with E-state index >= 15 is 0 Å². The maximum Gasteiger partial charge on any atom is 0.310 e. The fourth-order valence-electron chi connectivity index (χ4n) is 0.646. The zero-order valence-corrected chi connectivity index (χ0v) is 6.42. The molecule has 1 aliphatic carbocycles. The first kappa shape index (κ1) is 8.04. The Bertz CT molecular complexity index is 175. The van der Waals surface area contributed by atoms with Gasteiger partial charge in [-0.2, -0.15) is 0 Å². The molecule has 0 heterocycles. The topological polar surface area (TPSA) is 55.4 Å². The number of amides is 1. The van der Waals surface area contributed by atoms with Gasteiger partial charge in [0, 0.05) is 6.92 Å². The van der Waals surface area contributed by atoms with E-state index in [1.54, 1.807) is 0 Å². The molecule has 11 heavy (non-hydrogen) atoms. The van der Waals surface area contributed by atoms with Gasteiger partial charge in [-0.25, -0.2) is 0 Å². The van der Waals surface area contributed by atoms with Crippen LogP contribution in [0.25, 0.3) is 0 Å². The van der Waals surface area contributed by atoms with E-state index < -0.39 is 0 Å². The summed E-state index contributed by atoms with van der Waals surface area (Å²) in [5.74, 6) is -0.281. The van der Waals surface area contributed by atoms with E-state index in [-0.39, 0.29) is 24.5 Å². The number of nitrogens with one attached hydrogen (secondary N) is 1. The second-order valence-corrected chi connectivity index (χ2v) is 2.61. The molecule has 1 aliphatic rings. The van der Waals surface area contributed by atoms with Gasteiger partial charge in [-0.3, -0.25) is 9.59 Å². The van der Waals surface area contributed by atoms with Crippen LogP contribution in [0.5, 0.6) is 0 Å². The molecule has 1 N–H and O–H groups in total. The predicted molar refractivity (Wildman–Crippen MR) is 37.5 cm³/mol. The Morgan fingerprint density at radius 3 is 2.64 bits per heavy atom. The first-order chi connectivity index (χ1) is 5.20. The second kappa shape index (κ2) is 3.37. The smallest absolute Gasteiger partial charge is 0.310 e. The van der Waals surface area contributed by atoms with Crippen molar-refractivity contribution in [2.24, 2.45) is 5.92 Å². The molecule has 0 aromatic heterocycles. The van der Waals surface area contributed by atoms with Gasteiger partial charge in [-0.05, 0) is 12.8 Å². The van der Waals surface area contributed by atoms with Gasteiger partial charge < -0.3 is 10.1 Å². The van der Waals surface area contributed by atoms with Gasteiger partial charge in [0.25, 0.3) is 0 Å². The van der Waals surface area contributed by atoms with Crippen LogP contribution in [0.1, 0.15) is 19.8 Å². The van der Waals surface area contributed by atoms with Gasteiger partial charge in [0.1, 0.15) is 0 Å². The summed E-state index contributed by atoms with van der Waals surface area (Å²) < 4.78 is 4.71. The Labute approximate surface area is 64.9 Å². The lowest BCUT2D eigenvalue weighted by Crippen LogP contribution is -2.25. The first-order valence-corrected chi connectivity index (χ1v) is 3.61. The van der Waals surface area contributed by atoms with Crippen LogP contribution in [-0.2, 0) is 14.3 Å². The van der Waals surface area contributed by atoms with Crippen molar-refractivity contribution in [1.29, 1.82) is 0 Å². The summed E-state index contributed by atoms with van der Waals surface area (Å²) in [6.07, 6.45) is 1.86. The number of hydrogen-bond acceptors (Lipinski definition) is 3. The number of rotatable bonds is 3. The van der Waals surface area contributed by atoms with Crippen molar-refractivity contribution in [3.8, 4) is 0 Å². The van der Waals surface area contributed by atoms with Crippen molar-refractivity contribution in [2.45, 2.75) is 19.8 Å². The molecule has 1 amide bonds. The zero-order chi connectivity index (χ0) is 8.27. The summed E-state index contributed by atoms with van der Waals surface area (Å²) in [5, 5.41) is 2.38. The van der Waals surface area contributed by atoms with Crippen molar-refractivity contribution in [2.75, 3.05) is 6.73 Å². The average Bonchev–Trinajstić information content (AvgIpc) is 2.66. The highest BCUT2D eigenvalue weighted by Crippen LogP contribution is 2.29. The Hall–Kier alpha value is -1.06. The summed E-state index contributed by atoms with van der Waals surface area (Å²) in [6.45, 7) is 1.38. The van der Waals surface area contributed by atoms with Crippen LogP contribution in [0.15, 0.2) is 0 Å². The summed E-state index contributed by atoms with van der Waals surface area (Å²) in [5.41, 5.74) is 0. The summed E-state index contributed by atoms with van der Waals surface area (Å²) in [6, 6.07) is 0. The molecule has 0 aromatic rings. The van der Waals surface area contributed by atoms with Crippen molar-refractivity contribution in [3.63, 3.8) is 0 Å². The molecule has 0 spiro atoms. The number of carbonyl (C=O) groups excluding carboxylic acids is 2. The van der Waals surface area contributed by atoms with Crippen LogP contribution >= 0.6 is 0 Å². The number of ether oxygens (including phenoxy) is 1. The first-order valence-electron chi connectivity index (χ1n) is 3.61. The largest absolute Gasteiger partial charge is 0.444 e. The van der Waals surface area contributed by atoms with Gasteiger partial charge in [0.05, 0.1) is 5.92 Å². The lowest BCUT2D eigenvalue weighted by Gasteiger charge is -2.02. The van der Waals surface area contributed by atoms with Crippen LogP contribution in [0.2, 0.25) is 0 Å². The highest BCUT2D eigenvalue weighted by Gasteiger charge is 2.31. The third kappa shape index (κ3) is 3.02. The van der Waals surface area contributed by atoms with Crippen LogP contribution in [0, 0.1) is 5.92 Å². The normalized spacial score (nSPS) is 15.7. The number of carbonyl (C=O) groups is 2. The van der Waals surface area contributed by atoms with Gasteiger partial charge in [-0.15, -0.1) is 0 Å². The van der Waals surface area contributed by atoms with E-state index in [0.29, 0.717) is 0 Å². The highest BCUT2D eigenvalue weighted by atomic mass is 16.5. The van der Waals surface area contributed by atoms with Crippen LogP contribution in [0.3, 0.4) is 0 Å². The molecule has 0 aromatic carbocycles. The molecule has 0 bridgehead atoms. The SMILES string of the molecule is CC(=O)NCOC(=O)C1CC1. The molecule has 0 atom stereocenters. The van der Waals surface area contributed by atoms with Crippen molar-refractivity contribution >= 4 is 11.9 Å². The lowest BCUT2D eigenvalue weighted by molar-refractivity contribution is -0.146. The minimum absolute atomic E-state index is 0.00463. The maximum atomic E-state index is 10.8. The van der Waals surface area contributed by atoms with Crippen LogP contribution in [-0.4, -0.2) is 18.6 Å². The highest BCUT2D eigenvalue weighted by molar-refractivity contribution is 5.76. The van der Waals surface area contributed by atoms with Gasteiger partial charge in [0.15, 0.2) is 6.73 Å². The second-order valence-electron chi connectivity index (χ2n) is 2.61. The molecule has 4 heteroatoms. The Balaban J connectivity index is 2.02. The molecule has 0 radical (unpaired) electrons. The van der Waals surface area contributed by atoms with Crippen LogP contribution < -0.4 is 5.32 Å². The lowest BCUT2D eigenvalue weighted by atomic mass is 10.4. The van der Waals surface area contributed by atoms with E-state index in [4.69, 9.17) is 4.74 Å². The zero-order valence-electron chi connectivity index (χ0n) is 6.42. The predicted octanol–water partition coefficient (Wildman–Crippen LogP) is 0.0332. The van der Waals surface area contributed by atoms with Gasteiger partial charge in [-0.1, -0.05) is 0 Å². The van der Waals surface area contributed by atoms with Crippen molar-refractivity contribution < 1.29 is 14.3 Å². The summed E-state index contributed by atoms with van der Waals surface area (Å²) in [4.78, 5) is 21.1. The van der Waals surface area contributed by atoms with Crippen molar-refractivity contribution in [3.05, 3.63) is 0 Å². The Kier molecular flexibility index (Phi) is 2.46. The summed E-state index contributed by atoms with van der Waals surface area (Å²) in [7, 11) is 0. The molecular weight excluding hydrogens is 146 g/mol. The average molecular weight is 157 g/mol. The van der Waals surface area contributed by atoms with Gasteiger partial charge in [0.2, 0.25) is 5.91 Å². The number of hydrogen-bond donors (Lipinski definition) is 1. The van der Waals surface area contributed by atoms with E-state index in [1.807, 2.05) is 0 Å². The third-order valence-electron chi connectivity index (χ3n) is 1.45. The minimum Gasteiger partial charge on any atom is -0.444 e. The quantitative estimate of drug-likeness (QED) is 0.464. The molecule has 1 rings (SSSR count). The van der Waals surface area contributed by atoms with E-state index in [2.05, 4.69) is 5.32 Å². The van der Waals surface area contributed by atoms with Gasteiger partial charge >= 0.3 is 5.97 Å². The Morgan fingerprint density at radius 2 is 2.18 bits per heavy atom. The molecule has 0 unspecified atom stereocenters. The fraction of sp³-hybridized carbons (Fsp3) is 0.714.